The second-order valence-electron chi connectivity index (χ2n) is 5.38. The van der Waals surface area contributed by atoms with E-state index in [4.69, 9.17) is 0 Å². The second kappa shape index (κ2) is 5.17. The molecule has 1 unspecified atom stereocenters. The molecule has 2 rings (SSSR count). The van der Waals surface area contributed by atoms with Gasteiger partial charge in [0.15, 0.2) is 0 Å². The van der Waals surface area contributed by atoms with Gasteiger partial charge in [-0.15, -0.1) is 0 Å². The SMILES string of the molecule is CC(=O)C1CCN(C(C)C(=O)NC2CC2)CC1. The van der Waals surface area contributed by atoms with Gasteiger partial charge in [0, 0.05) is 12.0 Å². The molecule has 1 saturated carbocycles. The molecule has 0 radical (unpaired) electrons. The molecule has 2 fully saturated rings. The van der Waals surface area contributed by atoms with Crippen LogP contribution >= 0.6 is 0 Å². The Hall–Kier alpha value is -0.900. The van der Waals surface area contributed by atoms with E-state index in [0.29, 0.717) is 11.8 Å². The van der Waals surface area contributed by atoms with Gasteiger partial charge in [-0.2, -0.15) is 0 Å². The number of likely N-dealkylation sites (tertiary alicyclic amines) is 1. The third-order valence-corrected chi connectivity index (χ3v) is 3.96. The number of carbonyl (C=O) groups excluding carboxylic acids is 2. The van der Waals surface area contributed by atoms with Crippen molar-refractivity contribution in [1.82, 2.24) is 10.2 Å². The molecule has 0 bridgehead atoms. The van der Waals surface area contributed by atoms with E-state index in [0.717, 1.165) is 38.8 Å². The van der Waals surface area contributed by atoms with Crippen LogP contribution in [0.4, 0.5) is 0 Å². The molecule has 1 saturated heterocycles. The number of nitrogens with zero attached hydrogens (tertiary/aromatic N) is 1. The van der Waals surface area contributed by atoms with Crippen molar-refractivity contribution in [2.45, 2.75) is 51.6 Å². The van der Waals surface area contributed by atoms with Crippen molar-refractivity contribution in [3.8, 4) is 0 Å². The van der Waals surface area contributed by atoms with Gasteiger partial charge in [0.2, 0.25) is 5.91 Å². The number of carbonyl (C=O) groups is 2. The van der Waals surface area contributed by atoms with Gasteiger partial charge in [0.25, 0.3) is 0 Å². The van der Waals surface area contributed by atoms with E-state index in [9.17, 15) is 9.59 Å². The van der Waals surface area contributed by atoms with Crippen molar-refractivity contribution in [1.29, 1.82) is 0 Å². The maximum Gasteiger partial charge on any atom is 0.237 e. The third-order valence-electron chi connectivity index (χ3n) is 3.96. The highest BCUT2D eigenvalue weighted by molar-refractivity contribution is 5.82. The Morgan fingerprint density at radius 3 is 2.24 bits per heavy atom. The van der Waals surface area contributed by atoms with Crippen LogP contribution in [-0.4, -0.2) is 41.8 Å². The number of nitrogens with one attached hydrogen (secondary N) is 1. The van der Waals surface area contributed by atoms with E-state index >= 15 is 0 Å². The third kappa shape index (κ3) is 3.28. The molecule has 1 amide bonds. The van der Waals surface area contributed by atoms with Crippen LogP contribution in [0.15, 0.2) is 0 Å². The fourth-order valence-electron chi connectivity index (χ4n) is 2.41. The monoisotopic (exact) mass is 238 g/mol. The zero-order valence-electron chi connectivity index (χ0n) is 10.7. The highest BCUT2D eigenvalue weighted by Gasteiger charge is 2.31. The van der Waals surface area contributed by atoms with Crippen LogP contribution in [0, 0.1) is 5.92 Å². The smallest absolute Gasteiger partial charge is 0.237 e. The number of Topliss-reactive ketones (excluding diaryl/α,β-unsaturated/α-hetero) is 1. The molecule has 0 aromatic heterocycles. The quantitative estimate of drug-likeness (QED) is 0.793. The van der Waals surface area contributed by atoms with Crippen LogP contribution in [0.25, 0.3) is 0 Å². The molecular formula is C13H22N2O2. The maximum absolute atomic E-state index is 11.9. The van der Waals surface area contributed by atoms with Crippen molar-refractivity contribution in [3.05, 3.63) is 0 Å². The summed E-state index contributed by atoms with van der Waals surface area (Å²) in [5.74, 6) is 0.651. The lowest BCUT2D eigenvalue weighted by atomic mass is 9.92. The summed E-state index contributed by atoms with van der Waals surface area (Å²) in [7, 11) is 0. The van der Waals surface area contributed by atoms with Gasteiger partial charge in [-0.05, 0) is 52.6 Å². The highest BCUT2D eigenvalue weighted by Crippen LogP contribution is 2.21. The zero-order chi connectivity index (χ0) is 12.4. The Morgan fingerprint density at radius 2 is 1.76 bits per heavy atom. The number of hydrogen-bond donors (Lipinski definition) is 1. The Morgan fingerprint density at radius 1 is 1.18 bits per heavy atom. The first-order valence-corrected chi connectivity index (χ1v) is 6.63. The van der Waals surface area contributed by atoms with Crippen molar-refractivity contribution >= 4 is 11.7 Å². The van der Waals surface area contributed by atoms with Gasteiger partial charge < -0.3 is 5.32 Å². The topological polar surface area (TPSA) is 49.4 Å². The van der Waals surface area contributed by atoms with Crippen molar-refractivity contribution in [2.75, 3.05) is 13.1 Å². The van der Waals surface area contributed by atoms with Crippen molar-refractivity contribution in [3.63, 3.8) is 0 Å². The van der Waals surface area contributed by atoms with Crippen molar-refractivity contribution in [2.24, 2.45) is 5.92 Å². The Labute approximate surface area is 103 Å². The molecule has 1 N–H and O–H groups in total. The molecule has 4 heteroatoms. The van der Waals surface area contributed by atoms with Crippen LogP contribution in [0.1, 0.15) is 39.5 Å². The van der Waals surface area contributed by atoms with Gasteiger partial charge in [-0.25, -0.2) is 0 Å². The average Bonchev–Trinajstić information content (AvgIpc) is 3.12. The maximum atomic E-state index is 11.9. The average molecular weight is 238 g/mol. The van der Waals surface area contributed by atoms with Gasteiger partial charge in [-0.1, -0.05) is 0 Å². The van der Waals surface area contributed by atoms with Gasteiger partial charge in [0.1, 0.15) is 5.78 Å². The number of hydrogen-bond acceptors (Lipinski definition) is 3. The molecule has 1 atom stereocenters. The van der Waals surface area contributed by atoms with E-state index in [1.54, 1.807) is 6.92 Å². The van der Waals surface area contributed by atoms with Gasteiger partial charge in [0.05, 0.1) is 6.04 Å². The summed E-state index contributed by atoms with van der Waals surface area (Å²) < 4.78 is 0. The lowest BCUT2D eigenvalue weighted by molar-refractivity contribution is -0.127. The lowest BCUT2D eigenvalue weighted by Gasteiger charge is -2.34. The normalized spacial score (nSPS) is 24.4. The molecule has 0 aromatic rings. The molecule has 1 heterocycles. The molecular weight excluding hydrogens is 216 g/mol. The number of ketones is 1. The van der Waals surface area contributed by atoms with E-state index in [1.807, 2.05) is 6.92 Å². The molecule has 1 aliphatic carbocycles. The lowest BCUT2D eigenvalue weighted by Crippen LogP contribution is -2.49. The van der Waals surface area contributed by atoms with E-state index in [1.165, 1.54) is 0 Å². The summed E-state index contributed by atoms with van der Waals surface area (Å²) in [6.07, 6.45) is 4.06. The minimum Gasteiger partial charge on any atom is -0.352 e. The fourth-order valence-corrected chi connectivity index (χ4v) is 2.41. The predicted molar refractivity (Wildman–Crippen MR) is 65.6 cm³/mol. The molecule has 1 aliphatic heterocycles. The number of amides is 1. The van der Waals surface area contributed by atoms with Crippen LogP contribution < -0.4 is 5.32 Å². The Kier molecular flexibility index (Phi) is 3.82. The summed E-state index contributed by atoms with van der Waals surface area (Å²) in [5.41, 5.74) is 0. The first-order chi connectivity index (χ1) is 8.08. The van der Waals surface area contributed by atoms with Crippen LogP contribution in [0.2, 0.25) is 0 Å². The summed E-state index contributed by atoms with van der Waals surface area (Å²) >= 11 is 0. The summed E-state index contributed by atoms with van der Waals surface area (Å²) in [6.45, 7) is 5.36. The van der Waals surface area contributed by atoms with Crippen LogP contribution in [-0.2, 0) is 9.59 Å². The highest BCUT2D eigenvalue weighted by atomic mass is 16.2. The molecule has 96 valence electrons. The minimum atomic E-state index is -0.0523. The Balaban J connectivity index is 1.78. The fraction of sp³-hybridized carbons (Fsp3) is 0.846. The zero-order valence-corrected chi connectivity index (χ0v) is 10.7. The Bertz CT molecular complexity index is 305. The minimum absolute atomic E-state index is 0.0523. The first-order valence-electron chi connectivity index (χ1n) is 6.63. The predicted octanol–water partition coefficient (Wildman–Crippen LogP) is 0.954. The second-order valence-corrected chi connectivity index (χ2v) is 5.38. The summed E-state index contributed by atoms with van der Waals surface area (Å²) in [5, 5.41) is 3.04. The van der Waals surface area contributed by atoms with E-state index in [2.05, 4.69) is 10.2 Å². The first kappa shape index (κ1) is 12.6. The molecule has 0 aromatic carbocycles. The standard InChI is InChI=1S/C13H22N2O2/c1-9(13(17)14-12-3-4-12)15-7-5-11(6-8-15)10(2)16/h9,11-12H,3-8H2,1-2H3,(H,14,17). The van der Waals surface area contributed by atoms with E-state index < -0.39 is 0 Å². The van der Waals surface area contributed by atoms with Crippen molar-refractivity contribution < 1.29 is 9.59 Å². The molecule has 0 spiro atoms. The molecule has 17 heavy (non-hydrogen) atoms. The largest absolute Gasteiger partial charge is 0.352 e. The number of piperidine rings is 1. The van der Waals surface area contributed by atoms with E-state index in [-0.39, 0.29) is 17.9 Å². The van der Waals surface area contributed by atoms with Gasteiger partial charge >= 0.3 is 0 Å². The molecule has 2 aliphatic rings. The van der Waals surface area contributed by atoms with Gasteiger partial charge in [-0.3, -0.25) is 14.5 Å². The summed E-state index contributed by atoms with van der Waals surface area (Å²) in [4.78, 5) is 25.3. The molecule has 4 nitrogen and oxygen atoms in total. The summed E-state index contributed by atoms with van der Waals surface area (Å²) in [6, 6.07) is 0.378. The van der Waals surface area contributed by atoms with Crippen LogP contribution in [0.5, 0.6) is 0 Å². The number of rotatable bonds is 4. The van der Waals surface area contributed by atoms with Crippen LogP contribution in [0.3, 0.4) is 0 Å².